The van der Waals surface area contributed by atoms with E-state index in [1.807, 2.05) is 25.1 Å². The first-order chi connectivity index (χ1) is 12.5. The fraction of sp³-hybridized carbons (Fsp3) is 0.421. The Hall–Kier alpha value is -2.12. The second-order valence-corrected chi connectivity index (χ2v) is 8.23. The van der Waals surface area contributed by atoms with Crippen LogP contribution in [0.2, 0.25) is 0 Å². The molecule has 0 amide bonds. The van der Waals surface area contributed by atoms with Crippen LogP contribution in [0.25, 0.3) is 0 Å². The summed E-state index contributed by atoms with van der Waals surface area (Å²) in [5.74, 6) is 1.29. The number of hydrogen-bond acceptors (Lipinski definition) is 5. The highest BCUT2D eigenvalue weighted by Crippen LogP contribution is 2.25. The summed E-state index contributed by atoms with van der Waals surface area (Å²) in [6, 6.07) is 10.4. The Bertz CT molecular complexity index is 832. The van der Waals surface area contributed by atoms with Crippen LogP contribution in [0.4, 0.5) is 0 Å². The van der Waals surface area contributed by atoms with Crippen LogP contribution in [0, 0.1) is 6.92 Å². The van der Waals surface area contributed by atoms with Crippen molar-refractivity contribution in [2.45, 2.75) is 49.6 Å². The molecule has 0 radical (unpaired) electrons. The first-order valence-electron chi connectivity index (χ1n) is 8.72. The number of benzene rings is 1. The third-order valence-corrected chi connectivity index (χ3v) is 6.12. The minimum Gasteiger partial charge on any atom is -0.496 e. The molecular weight excluding hydrogens is 352 g/mol. The minimum absolute atomic E-state index is 0.0777. The molecule has 0 aliphatic heterocycles. The second kappa shape index (κ2) is 8.05. The zero-order chi connectivity index (χ0) is 18.6. The molecule has 1 fully saturated rings. The number of nitrogens with one attached hydrogen (secondary N) is 1. The van der Waals surface area contributed by atoms with Crippen molar-refractivity contribution in [3.63, 3.8) is 0 Å². The number of nitrogens with zero attached hydrogens (tertiary/aromatic N) is 1. The molecule has 1 heterocycles. The summed E-state index contributed by atoms with van der Waals surface area (Å²) < 4.78 is 39.1. The van der Waals surface area contributed by atoms with Gasteiger partial charge in [-0.1, -0.05) is 6.07 Å². The van der Waals surface area contributed by atoms with E-state index in [-0.39, 0.29) is 17.0 Å². The predicted octanol–water partition coefficient (Wildman–Crippen LogP) is 3.07. The lowest BCUT2D eigenvalue weighted by atomic mass is 9.94. The van der Waals surface area contributed by atoms with E-state index in [9.17, 15) is 8.42 Å². The number of methoxy groups -OCH3 is 1. The van der Waals surface area contributed by atoms with Crippen LogP contribution in [-0.2, 0) is 10.0 Å². The molecule has 1 aromatic heterocycles. The number of rotatable bonds is 6. The van der Waals surface area contributed by atoms with Crippen LogP contribution < -0.4 is 14.2 Å². The summed E-state index contributed by atoms with van der Waals surface area (Å²) in [5, 5.41) is 0. The maximum atomic E-state index is 12.6. The quantitative estimate of drug-likeness (QED) is 0.838. The van der Waals surface area contributed by atoms with Crippen LogP contribution in [0.3, 0.4) is 0 Å². The highest BCUT2D eigenvalue weighted by atomic mass is 32.2. The van der Waals surface area contributed by atoms with E-state index in [0.717, 1.165) is 31.2 Å². The Morgan fingerprint density at radius 2 is 1.88 bits per heavy atom. The molecule has 140 valence electrons. The summed E-state index contributed by atoms with van der Waals surface area (Å²) in [6.45, 7) is 1.83. The molecule has 0 saturated heterocycles. The van der Waals surface area contributed by atoms with Crippen LogP contribution in [-0.4, -0.2) is 32.7 Å². The molecule has 0 spiro atoms. The van der Waals surface area contributed by atoms with Gasteiger partial charge in [-0.2, -0.15) is 0 Å². The molecule has 3 rings (SSSR count). The van der Waals surface area contributed by atoms with Gasteiger partial charge in [0, 0.05) is 18.3 Å². The van der Waals surface area contributed by atoms with E-state index >= 15 is 0 Å². The van der Waals surface area contributed by atoms with Gasteiger partial charge in [0.15, 0.2) is 0 Å². The Kier molecular flexibility index (Phi) is 5.78. The number of sulfonamides is 1. The lowest BCUT2D eigenvalue weighted by molar-refractivity contribution is 0.138. The van der Waals surface area contributed by atoms with Crippen LogP contribution in [0.15, 0.2) is 47.5 Å². The van der Waals surface area contributed by atoms with Crippen molar-refractivity contribution < 1.29 is 17.9 Å². The Labute approximate surface area is 154 Å². The van der Waals surface area contributed by atoms with Crippen molar-refractivity contribution >= 4 is 10.0 Å². The van der Waals surface area contributed by atoms with Crippen LogP contribution in [0.5, 0.6) is 11.6 Å². The number of aromatic nitrogens is 1. The normalized spacial score (nSPS) is 20.5. The number of pyridine rings is 1. The molecule has 26 heavy (non-hydrogen) atoms. The Morgan fingerprint density at radius 1 is 1.12 bits per heavy atom. The van der Waals surface area contributed by atoms with Gasteiger partial charge < -0.3 is 9.47 Å². The highest BCUT2D eigenvalue weighted by molar-refractivity contribution is 7.89. The molecule has 1 saturated carbocycles. The van der Waals surface area contributed by atoms with Gasteiger partial charge in [0.25, 0.3) is 0 Å². The van der Waals surface area contributed by atoms with Gasteiger partial charge in [-0.25, -0.2) is 18.1 Å². The second-order valence-electron chi connectivity index (χ2n) is 6.51. The fourth-order valence-electron chi connectivity index (χ4n) is 3.19. The summed E-state index contributed by atoms with van der Waals surface area (Å²) in [6.07, 6.45) is 4.86. The number of ether oxygens (including phenoxy) is 2. The largest absolute Gasteiger partial charge is 0.496 e. The molecule has 6 nitrogen and oxygen atoms in total. The SMILES string of the molecule is COc1ccc(S(=O)(=O)NC2CCC(Oc3ccccn3)CC2)cc1C. The van der Waals surface area contributed by atoms with E-state index in [2.05, 4.69) is 9.71 Å². The van der Waals surface area contributed by atoms with Crippen molar-refractivity contribution in [2.75, 3.05) is 7.11 Å². The number of hydrogen-bond donors (Lipinski definition) is 1. The molecular formula is C19H24N2O4S. The molecule has 2 aromatic rings. The average Bonchev–Trinajstić information content (AvgIpc) is 2.64. The minimum atomic E-state index is -3.54. The summed E-state index contributed by atoms with van der Waals surface area (Å²) in [4.78, 5) is 4.44. The maximum Gasteiger partial charge on any atom is 0.240 e. The van der Waals surface area contributed by atoms with E-state index in [1.54, 1.807) is 31.5 Å². The highest BCUT2D eigenvalue weighted by Gasteiger charge is 2.27. The molecule has 0 bridgehead atoms. The summed E-state index contributed by atoms with van der Waals surface area (Å²) in [5.41, 5.74) is 0.794. The summed E-state index contributed by atoms with van der Waals surface area (Å²) >= 11 is 0. The van der Waals surface area contributed by atoms with Crippen molar-refractivity contribution in [3.05, 3.63) is 48.2 Å². The average molecular weight is 376 g/mol. The predicted molar refractivity (Wildman–Crippen MR) is 99.0 cm³/mol. The van der Waals surface area contributed by atoms with Gasteiger partial charge in [-0.15, -0.1) is 0 Å². The third-order valence-electron chi connectivity index (χ3n) is 4.60. The Balaban J connectivity index is 1.57. The lowest BCUT2D eigenvalue weighted by Gasteiger charge is -2.29. The van der Waals surface area contributed by atoms with Gasteiger partial charge in [0.2, 0.25) is 15.9 Å². The zero-order valence-electron chi connectivity index (χ0n) is 15.0. The van der Waals surface area contributed by atoms with Crippen molar-refractivity contribution in [3.8, 4) is 11.6 Å². The smallest absolute Gasteiger partial charge is 0.240 e. The van der Waals surface area contributed by atoms with Crippen molar-refractivity contribution in [1.82, 2.24) is 9.71 Å². The molecule has 1 N–H and O–H groups in total. The van der Waals surface area contributed by atoms with E-state index in [0.29, 0.717) is 11.6 Å². The van der Waals surface area contributed by atoms with Gasteiger partial charge in [0.1, 0.15) is 11.9 Å². The lowest BCUT2D eigenvalue weighted by Crippen LogP contribution is -2.39. The molecule has 7 heteroatoms. The first-order valence-corrected chi connectivity index (χ1v) is 10.2. The van der Waals surface area contributed by atoms with Crippen LogP contribution >= 0.6 is 0 Å². The molecule has 1 aliphatic carbocycles. The molecule has 1 aliphatic rings. The third kappa shape index (κ3) is 4.53. The van der Waals surface area contributed by atoms with E-state index in [1.165, 1.54) is 0 Å². The topological polar surface area (TPSA) is 77.5 Å². The van der Waals surface area contributed by atoms with Crippen molar-refractivity contribution in [2.24, 2.45) is 0 Å². The Morgan fingerprint density at radius 3 is 2.50 bits per heavy atom. The van der Waals surface area contributed by atoms with Gasteiger partial charge in [-0.3, -0.25) is 0 Å². The van der Waals surface area contributed by atoms with Gasteiger partial charge in [-0.05, 0) is 62.4 Å². The van der Waals surface area contributed by atoms with E-state index in [4.69, 9.17) is 9.47 Å². The summed E-state index contributed by atoms with van der Waals surface area (Å²) in [7, 11) is -1.97. The van der Waals surface area contributed by atoms with E-state index < -0.39 is 10.0 Å². The van der Waals surface area contributed by atoms with Crippen LogP contribution in [0.1, 0.15) is 31.2 Å². The monoisotopic (exact) mass is 376 g/mol. The zero-order valence-corrected chi connectivity index (χ0v) is 15.8. The van der Waals surface area contributed by atoms with Gasteiger partial charge >= 0.3 is 0 Å². The maximum absolute atomic E-state index is 12.6. The molecule has 0 atom stereocenters. The fourth-order valence-corrected chi connectivity index (χ4v) is 4.58. The molecule has 1 aromatic carbocycles. The van der Waals surface area contributed by atoms with Crippen molar-refractivity contribution in [1.29, 1.82) is 0 Å². The first kappa shape index (κ1) is 18.7. The molecule has 0 unspecified atom stereocenters. The standard InChI is InChI=1S/C19H24N2O4S/c1-14-13-17(10-11-18(14)24-2)26(22,23)21-15-6-8-16(9-7-15)25-19-5-3-4-12-20-19/h3-5,10-13,15-16,21H,6-9H2,1-2H3. The number of aryl methyl sites for hydroxylation is 1. The van der Waals surface area contributed by atoms with Gasteiger partial charge in [0.05, 0.1) is 12.0 Å².